The normalized spacial score (nSPS) is 12.5. The highest BCUT2D eigenvalue weighted by atomic mass is 35.5. The molecule has 7 heteroatoms. The van der Waals surface area contributed by atoms with Crippen LogP contribution < -0.4 is 9.62 Å². The van der Waals surface area contributed by atoms with Crippen molar-refractivity contribution in [2.75, 3.05) is 17.6 Å². The molecule has 146 valence electrons. The molecule has 0 aliphatic carbocycles. The summed E-state index contributed by atoms with van der Waals surface area (Å²) >= 11 is 6.26. The highest BCUT2D eigenvalue weighted by Crippen LogP contribution is 2.26. The summed E-state index contributed by atoms with van der Waals surface area (Å²) in [5.41, 5.74) is 4.08. The molecule has 0 saturated carbocycles. The summed E-state index contributed by atoms with van der Waals surface area (Å²) in [5.74, 6) is -0.291. The van der Waals surface area contributed by atoms with Gasteiger partial charge >= 0.3 is 0 Å². The van der Waals surface area contributed by atoms with Gasteiger partial charge in [-0.05, 0) is 49.6 Å². The third kappa shape index (κ3) is 5.02. The molecule has 1 atom stereocenters. The fraction of sp³-hybridized carbons (Fsp3) is 0.350. The molecular formula is C20H25ClN2O3S. The zero-order chi connectivity index (χ0) is 20.4. The summed E-state index contributed by atoms with van der Waals surface area (Å²) < 4.78 is 24.4. The van der Waals surface area contributed by atoms with Crippen LogP contribution >= 0.6 is 11.6 Å². The maximum Gasteiger partial charge on any atom is 0.253 e. The Labute approximate surface area is 166 Å². The molecule has 0 bridgehead atoms. The Morgan fingerprint density at radius 1 is 1.19 bits per heavy atom. The Hall–Kier alpha value is -2.05. The fourth-order valence-corrected chi connectivity index (χ4v) is 3.68. The van der Waals surface area contributed by atoms with Gasteiger partial charge < -0.3 is 5.32 Å². The number of aryl methyl sites for hydroxylation is 2. The van der Waals surface area contributed by atoms with Crippen molar-refractivity contribution >= 4 is 33.2 Å². The molecule has 2 aromatic rings. The van der Waals surface area contributed by atoms with E-state index in [4.69, 9.17) is 11.6 Å². The van der Waals surface area contributed by atoms with Crippen molar-refractivity contribution in [2.45, 2.75) is 33.2 Å². The lowest BCUT2D eigenvalue weighted by Gasteiger charge is -2.21. The summed E-state index contributed by atoms with van der Waals surface area (Å²) in [5, 5.41) is 3.23. The van der Waals surface area contributed by atoms with E-state index in [2.05, 4.69) is 11.4 Å². The van der Waals surface area contributed by atoms with Crippen LogP contribution in [0.5, 0.6) is 0 Å². The zero-order valence-electron chi connectivity index (χ0n) is 16.2. The summed E-state index contributed by atoms with van der Waals surface area (Å²) in [7, 11) is -1.96. The lowest BCUT2D eigenvalue weighted by molar-refractivity contribution is 0.0935. The molecule has 0 aliphatic heterocycles. The first-order valence-corrected chi connectivity index (χ1v) is 10.9. The number of nitrogens with one attached hydrogen (secondary N) is 1. The van der Waals surface area contributed by atoms with Gasteiger partial charge in [0.1, 0.15) is 0 Å². The molecule has 0 fully saturated rings. The fourth-order valence-electron chi connectivity index (χ4n) is 2.93. The number of benzene rings is 2. The first-order chi connectivity index (χ1) is 12.5. The monoisotopic (exact) mass is 408 g/mol. The molecule has 2 aromatic carbocycles. The van der Waals surface area contributed by atoms with E-state index < -0.39 is 10.0 Å². The van der Waals surface area contributed by atoms with Gasteiger partial charge in [0.15, 0.2) is 0 Å². The number of hydrogen-bond acceptors (Lipinski definition) is 3. The predicted molar refractivity (Wildman–Crippen MR) is 111 cm³/mol. The minimum absolute atomic E-state index is 0.132. The van der Waals surface area contributed by atoms with E-state index in [0.717, 1.165) is 28.1 Å². The van der Waals surface area contributed by atoms with Crippen LogP contribution in [0, 0.1) is 13.8 Å². The van der Waals surface area contributed by atoms with Gasteiger partial charge in [0.2, 0.25) is 10.0 Å². The number of anilines is 1. The number of carbonyl (C=O) groups excluding carboxylic acids is 1. The molecule has 0 unspecified atom stereocenters. The number of hydrogen-bond donors (Lipinski definition) is 1. The molecule has 5 nitrogen and oxygen atoms in total. The van der Waals surface area contributed by atoms with Gasteiger partial charge in [0.05, 0.1) is 28.6 Å². The van der Waals surface area contributed by atoms with Gasteiger partial charge in [-0.25, -0.2) is 8.42 Å². The number of carbonyl (C=O) groups is 1. The van der Waals surface area contributed by atoms with Crippen molar-refractivity contribution in [1.82, 2.24) is 5.32 Å². The van der Waals surface area contributed by atoms with Crippen LogP contribution in [0.4, 0.5) is 5.69 Å². The number of halogens is 1. The molecule has 0 saturated heterocycles. The smallest absolute Gasteiger partial charge is 0.253 e. The Bertz CT molecular complexity index is 958. The van der Waals surface area contributed by atoms with E-state index in [1.807, 2.05) is 32.9 Å². The molecule has 2 rings (SSSR count). The van der Waals surface area contributed by atoms with Crippen LogP contribution in [0.1, 0.15) is 46.4 Å². The molecule has 0 spiro atoms. The summed E-state index contributed by atoms with van der Waals surface area (Å²) in [6.45, 7) is 6.07. The summed E-state index contributed by atoms with van der Waals surface area (Å²) in [4.78, 5) is 12.7. The van der Waals surface area contributed by atoms with Crippen molar-refractivity contribution in [3.8, 4) is 0 Å². The Morgan fingerprint density at radius 3 is 2.37 bits per heavy atom. The third-order valence-electron chi connectivity index (χ3n) is 4.57. The minimum atomic E-state index is -3.40. The van der Waals surface area contributed by atoms with Gasteiger partial charge in [-0.2, -0.15) is 0 Å². The van der Waals surface area contributed by atoms with Gasteiger partial charge in [0, 0.05) is 7.05 Å². The first-order valence-electron chi connectivity index (χ1n) is 8.66. The second kappa shape index (κ2) is 8.31. The van der Waals surface area contributed by atoms with Crippen LogP contribution in [-0.4, -0.2) is 27.6 Å². The molecule has 27 heavy (non-hydrogen) atoms. The van der Waals surface area contributed by atoms with Crippen molar-refractivity contribution in [3.05, 3.63) is 63.7 Å². The Balaban J connectivity index is 2.26. The number of sulfonamides is 1. The van der Waals surface area contributed by atoms with Crippen LogP contribution in [0.15, 0.2) is 36.4 Å². The number of nitrogens with zero attached hydrogens (tertiary/aromatic N) is 1. The molecular weight excluding hydrogens is 384 g/mol. The lowest BCUT2D eigenvalue weighted by atomic mass is 9.97. The SMILES string of the molecule is CC[C@@H](NC(=O)c1ccc(N(C)S(C)(=O)=O)cc1Cl)c1ccc(C)cc1C. The average molecular weight is 409 g/mol. The van der Waals surface area contributed by atoms with Crippen molar-refractivity contribution in [2.24, 2.45) is 0 Å². The van der Waals surface area contributed by atoms with E-state index in [0.29, 0.717) is 11.3 Å². The van der Waals surface area contributed by atoms with Crippen LogP contribution in [0.25, 0.3) is 0 Å². The number of rotatable bonds is 6. The Kier molecular flexibility index (Phi) is 6.54. The molecule has 1 amide bonds. The van der Waals surface area contributed by atoms with Gasteiger partial charge in [-0.1, -0.05) is 42.3 Å². The maximum absolute atomic E-state index is 12.7. The highest BCUT2D eigenvalue weighted by Gasteiger charge is 2.19. The number of amides is 1. The van der Waals surface area contributed by atoms with E-state index in [9.17, 15) is 13.2 Å². The second-order valence-corrected chi connectivity index (χ2v) is 9.11. The minimum Gasteiger partial charge on any atom is -0.345 e. The largest absolute Gasteiger partial charge is 0.345 e. The lowest BCUT2D eigenvalue weighted by Crippen LogP contribution is -2.29. The first kappa shape index (κ1) is 21.3. The van der Waals surface area contributed by atoms with Crippen LogP contribution in [0.3, 0.4) is 0 Å². The van der Waals surface area contributed by atoms with E-state index in [-0.39, 0.29) is 17.0 Å². The van der Waals surface area contributed by atoms with Gasteiger partial charge in [0.25, 0.3) is 5.91 Å². The standard InChI is InChI=1S/C20H25ClN2O3S/c1-6-19(16-9-7-13(2)11-14(16)3)22-20(24)17-10-8-15(12-18(17)21)23(4)27(5,25)26/h7-12,19H,6H2,1-5H3,(H,22,24)/t19-/m1/s1. The molecule has 1 N–H and O–H groups in total. The van der Waals surface area contributed by atoms with Gasteiger partial charge in [-0.15, -0.1) is 0 Å². The van der Waals surface area contributed by atoms with Gasteiger partial charge in [-0.3, -0.25) is 9.10 Å². The molecule has 0 aliphatic rings. The third-order valence-corrected chi connectivity index (χ3v) is 6.09. The van der Waals surface area contributed by atoms with E-state index >= 15 is 0 Å². The topological polar surface area (TPSA) is 66.5 Å². The predicted octanol–water partition coefficient (Wildman–Crippen LogP) is 4.23. The van der Waals surface area contributed by atoms with Crippen molar-refractivity contribution < 1.29 is 13.2 Å². The van der Waals surface area contributed by atoms with E-state index in [1.54, 1.807) is 12.1 Å². The quantitative estimate of drug-likeness (QED) is 0.777. The summed E-state index contributed by atoms with van der Waals surface area (Å²) in [6, 6.07) is 10.6. The average Bonchev–Trinajstić information content (AvgIpc) is 2.58. The maximum atomic E-state index is 12.7. The molecule has 0 aromatic heterocycles. The highest BCUT2D eigenvalue weighted by molar-refractivity contribution is 7.92. The van der Waals surface area contributed by atoms with Crippen molar-refractivity contribution in [3.63, 3.8) is 0 Å². The molecule has 0 heterocycles. The van der Waals surface area contributed by atoms with Crippen LogP contribution in [-0.2, 0) is 10.0 Å². The Morgan fingerprint density at radius 2 is 1.85 bits per heavy atom. The zero-order valence-corrected chi connectivity index (χ0v) is 17.8. The summed E-state index contributed by atoms with van der Waals surface area (Å²) in [6.07, 6.45) is 1.85. The van der Waals surface area contributed by atoms with Crippen molar-refractivity contribution in [1.29, 1.82) is 0 Å². The van der Waals surface area contributed by atoms with Crippen LogP contribution in [0.2, 0.25) is 5.02 Å². The van der Waals surface area contributed by atoms with E-state index in [1.165, 1.54) is 18.7 Å². The molecule has 0 radical (unpaired) electrons. The second-order valence-electron chi connectivity index (χ2n) is 6.69.